The van der Waals surface area contributed by atoms with Crippen LogP contribution in [0.15, 0.2) is 17.6 Å². The fourth-order valence-electron chi connectivity index (χ4n) is 1.42. The minimum Gasteiger partial charge on any atom is -0.395 e. The maximum Gasteiger partial charge on any atom is 0.106 e. The molecule has 2 rings (SSSR count). The smallest absolute Gasteiger partial charge is 0.106 e. The van der Waals surface area contributed by atoms with E-state index in [1.54, 1.807) is 30.7 Å². The molecule has 5 heteroatoms. The van der Waals surface area contributed by atoms with Crippen LogP contribution in [0.1, 0.15) is 13.8 Å². The summed E-state index contributed by atoms with van der Waals surface area (Å²) in [5, 5.41) is 12.8. The topological polar surface area (TPSA) is 71.2 Å². The Balaban J connectivity index is 2.28. The normalized spacial score (nSPS) is 11.9. The number of nitrogens with one attached hydrogen (secondary N) is 1. The molecule has 0 amide bonds. The third kappa shape index (κ3) is 2.25. The van der Waals surface area contributed by atoms with Crippen LogP contribution in [0.3, 0.4) is 0 Å². The summed E-state index contributed by atoms with van der Waals surface area (Å²) in [5.74, 6) is 0. The number of rotatable bonds is 3. The Kier molecular flexibility index (Phi) is 2.73. The molecule has 4 nitrogen and oxygen atoms in total. The highest BCUT2D eigenvalue weighted by Crippen LogP contribution is 2.30. The third-order valence-corrected chi connectivity index (χ3v) is 3.05. The van der Waals surface area contributed by atoms with Crippen molar-refractivity contribution in [2.45, 2.75) is 19.4 Å². The van der Waals surface area contributed by atoms with Gasteiger partial charge in [-0.2, -0.15) is 0 Å². The van der Waals surface area contributed by atoms with Crippen molar-refractivity contribution in [1.82, 2.24) is 4.98 Å². The lowest BCUT2D eigenvalue weighted by atomic mass is 10.1. The molecule has 0 saturated heterocycles. The van der Waals surface area contributed by atoms with Gasteiger partial charge in [0.05, 0.1) is 27.2 Å². The fraction of sp³-hybridized carbons (Fsp3) is 0.364. The Bertz CT molecular complexity index is 501. The second-order valence-electron chi connectivity index (χ2n) is 4.39. The largest absolute Gasteiger partial charge is 0.395 e. The minimum atomic E-state index is -0.760. The van der Waals surface area contributed by atoms with Crippen molar-refractivity contribution in [2.75, 3.05) is 17.6 Å². The summed E-state index contributed by atoms with van der Waals surface area (Å²) in [6.07, 6.45) is 0. The van der Waals surface area contributed by atoms with Crippen LogP contribution in [0.2, 0.25) is 0 Å². The highest BCUT2D eigenvalue weighted by Gasteiger charge is 2.13. The quantitative estimate of drug-likeness (QED) is 0.715. The van der Waals surface area contributed by atoms with Crippen LogP contribution in [0.4, 0.5) is 11.4 Å². The van der Waals surface area contributed by atoms with Gasteiger partial charge in [-0.15, -0.1) is 11.3 Å². The van der Waals surface area contributed by atoms with E-state index >= 15 is 0 Å². The average molecular weight is 237 g/mol. The van der Waals surface area contributed by atoms with Gasteiger partial charge in [-0.25, -0.2) is 4.98 Å². The number of nitrogen functional groups attached to an aromatic ring is 1. The van der Waals surface area contributed by atoms with Gasteiger partial charge in [-0.3, -0.25) is 0 Å². The second kappa shape index (κ2) is 3.92. The molecule has 1 aromatic carbocycles. The van der Waals surface area contributed by atoms with Crippen molar-refractivity contribution in [3.8, 4) is 0 Å². The lowest BCUT2D eigenvalue weighted by molar-refractivity contribution is 0.0945. The Morgan fingerprint density at radius 1 is 1.50 bits per heavy atom. The highest BCUT2D eigenvalue weighted by atomic mass is 32.1. The van der Waals surface area contributed by atoms with Gasteiger partial charge >= 0.3 is 0 Å². The molecule has 2 aromatic rings. The number of aliphatic hydroxyl groups is 1. The summed E-state index contributed by atoms with van der Waals surface area (Å²) in [4.78, 5) is 4.21. The van der Waals surface area contributed by atoms with E-state index in [4.69, 9.17) is 5.73 Å². The van der Waals surface area contributed by atoms with Crippen LogP contribution < -0.4 is 11.1 Å². The molecule has 16 heavy (non-hydrogen) atoms. The van der Waals surface area contributed by atoms with Crippen molar-refractivity contribution in [3.05, 3.63) is 17.6 Å². The number of nitrogens with zero attached hydrogens (tertiary/aromatic N) is 1. The van der Waals surface area contributed by atoms with Gasteiger partial charge in [0, 0.05) is 6.54 Å². The molecular weight excluding hydrogens is 222 g/mol. The number of anilines is 2. The number of benzene rings is 1. The van der Waals surface area contributed by atoms with Crippen LogP contribution in [-0.2, 0) is 0 Å². The van der Waals surface area contributed by atoms with Crippen LogP contribution in [0, 0.1) is 0 Å². The van der Waals surface area contributed by atoms with E-state index in [-0.39, 0.29) is 0 Å². The number of aromatic nitrogens is 1. The van der Waals surface area contributed by atoms with Crippen LogP contribution >= 0.6 is 11.3 Å². The van der Waals surface area contributed by atoms with Gasteiger partial charge < -0.3 is 16.2 Å². The summed E-state index contributed by atoms with van der Waals surface area (Å²) < 4.78 is 1.08. The monoisotopic (exact) mass is 237 g/mol. The summed E-state index contributed by atoms with van der Waals surface area (Å²) >= 11 is 1.57. The number of hydrogen-bond acceptors (Lipinski definition) is 5. The fourth-order valence-corrected chi connectivity index (χ4v) is 2.11. The SMILES string of the molecule is CC(C)(O)CNc1ccc2scnc2c1N. The lowest BCUT2D eigenvalue weighted by Gasteiger charge is -2.19. The molecule has 0 bridgehead atoms. The Hall–Kier alpha value is -1.33. The van der Waals surface area contributed by atoms with E-state index < -0.39 is 5.60 Å². The molecule has 0 atom stereocenters. The molecule has 0 aliphatic heterocycles. The van der Waals surface area contributed by atoms with E-state index in [0.29, 0.717) is 12.2 Å². The first-order chi connectivity index (χ1) is 7.47. The van der Waals surface area contributed by atoms with Crippen LogP contribution in [0.25, 0.3) is 10.2 Å². The summed E-state index contributed by atoms with van der Waals surface area (Å²) in [6.45, 7) is 3.95. The number of hydrogen-bond donors (Lipinski definition) is 3. The van der Waals surface area contributed by atoms with Gasteiger partial charge in [0.15, 0.2) is 0 Å². The van der Waals surface area contributed by atoms with Crippen molar-refractivity contribution in [2.24, 2.45) is 0 Å². The zero-order valence-electron chi connectivity index (χ0n) is 9.32. The first-order valence-corrected chi connectivity index (χ1v) is 5.93. The van der Waals surface area contributed by atoms with Crippen LogP contribution in [0.5, 0.6) is 0 Å². The van der Waals surface area contributed by atoms with Gasteiger partial charge in [0.2, 0.25) is 0 Å². The Labute approximate surface area is 98.1 Å². The van der Waals surface area contributed by atoms with Gasteiger partial charge in [-0.1, -0.05) is 0 Å². The molecule has 1 heterocycles. The predicted octanol–water partition coefficient (Wildman–Crippen LogP) is 2.06. The Morgan fingerprint density at radius 3 is 2.94 bits per heavy atom. The standard InChI is InChI=1S/C11H15N3OS/c1-11(2,15)5-13-7-3-4-8-10(9(7)12)14-6-16-8/h3-4,6,13,15H,5,12H2,1-2H3. The van der Waals surface area contributed by atoms with Crippen LogP contribution in [-0.4, -0.2) is 22.2 Å². The molecule has 0 unspecified atom stereocenters. The number of thiazole rings is 1. The van der Waals surface area contributed by atoms with Gasteiger partial charge in [-0.05, 0) is 26.0 Å². The number of fused-ring (bicyclic) bond motifs is 1. The van der Waals surface area contributed by atoms with Gasteiger partial charge in [0.1, 0.15) is 5.52 Å². The molecule has 0 saturated carbocycles. The summed E-state index contributed by atoms with van der Waals surface area (Å²) in [7, 11) is 0. The summed E-state index contributed by atoms with van der Waals surface area (Å²) in [5.41, 5.74) is 9.30. The van der Waals surface area contributed by atoms with E-state index in [1.165, 1.54) is 0 Å². The average Bonchev–Trinajstić information content (AvgIpc) is 2.64. The predicted molar refractivity (Wildman–Crippen MR) is 68.8 cm³/mol. The molecule has 86 valence electrons. The van der Waals surface area contributed by atoms with Gasteiger partial charge in [0.25, 0.3) is 0 Å². The highest BCUT2D eigenvalue weighted by molar-refractivity contribution is 7.16. The molecular formula is C11H15N3OS. The maximum absolute atomic E-state index is 9.63. The van der Waals surface area contributed by atoms with Crippen molar-refractivity contribution in [1.29, 1.82) is 0 Å². The molecule has 0 radical (unpaired) electrons. The van der Waals surface area contributed by atoms with E-state index in [9.17, 15) is 5.11 Å². The van der Waals surface area contributed by atoms with E-state index in [2.05, 4.69) is 10.3 Å². The van der Waals surface area contributed by atoms with Crippen molar-refractivity contribution >= 4 is 32.9 Å². The van der Waals surface area contributed by atoms with E-state index in [0.717, 1.165) is 15.9 Å². The molecule has 4 N–H and O–H groups in total. The maximum atomic E-state index is 9.63. The third-order valence-electron chi connectivity index (χ3n) is 2.25. The molecule has 0 aliphatic carbocycles. The first-order valence-electron chi connectivity index (χ1n) is 5.05. The molecule has 1 aromatic heterocycles. The summed E-state index contributed by atoms with van der Waals surface area (Å²) in [6, 6.07) is 3.90. The second-order valence-corrected chi connectivity index (χ2v) is 5.28. The molecule has 0 spiro atoms. The Morgan fingerprint density at radius 2 is 2.25 bits per heavy atom. The van der Waals surface area contributed by atoms with E-state index in [1.807, 2.05) is 12.1 Å². The minimum absolute atomic E-state index is 0.451. The lowest BCUT2D eigenvalue weighted by Crippen LogP contribution is -2.29. The first kappa shape index (κ1) is 11.2. The molecule has 0 aliphatic rings. The zero-order valence-corrected chi connectivity index (χ0v) is 10.1. The molecule has 0 fully saturated rings. The van der Waals surface area contributed by atoms with Crippen molar-refractivity contribution in [3.63, 3.8) is 0 Å². The zero-order chi connectivity index (χ0) is 11.8. The van der Waals surface area contributed by atoms with Crippen molar-refractivity contribution < 1.29 is 5.11 Å². The number of nitrogens with two attached hydrogens (primary N) is 1.